The molecular formula is C23H18N2O4S2. The summed E-state index contributed by atoms with van der Waals surface area (Å²) in [5, 5.41) is 14.3. The number of carbonyl (C=O) groups excluding carboxylic acids is 1. The number of thiazole rings is 1. The Kier molecular flexibility index (Phi) is 6.11. The molecule has 6 nitrogen and oxygen atoms in total. The fourth-order valence-corrected chi connectivity index (χ4v) is 4.72. The summed E-state index contributed by atoms with van der Waals surface area (Å²) in [4.78, 5) is 29.9. The molecule has 4 rings (SSSR count). The number of methoxy groups -OCH3 is 1. The average molecular weight is 451 g/mol. The second-order valence-electron chi connectivity index (χ2n) is 6.66. The molecule has 4 aromatic rings. The Labute approximate surface area is 186 Å². The Morgan fingerprint density at radius 3 is 2.39 bits per heavy atom. The zero-order valence-corrected chi connectivity index (χ0v) is 18.1. The molecule has 0 saturated heterocycles. The highest BCUT2D eigenvalue weighted by Crippen LogP contribution is 2.35. The first-order valence-corrected chi connectivity index (χ1v) is 11.0. The van der Waals surface area contributed by atoms with Crippen LogP contribution in [0.2, 0.25) is 0 Å². The molecule has 31 heavy (non-hydrogen) atoms. The minimum Gasteiger partial charge on any atom is -0.497 e. The van der Waals surface area contributed by atoms with Crippen molar-refractivity contribution >= 4 is 39.7 Å². The van der Waals surface area contributed by atoms with Crippen molar-refractivity contribution in [1.29, 1.82) is 0 Å². The zero-order valence-electron chi connectivity index (χ0n) is 16.5. The molecule has 1 amide bonds. The monoisotopic (exact) mass is 450 g/mol. The summed E-state index contributed by atoms with van der Waals surface area (Å²) in [7, 11) is 1.60. The van der Waals surface area contributed by atoms with Crippen molar-refractivity contribution in [2.24, 2.45) is 0 Å². The lowest BCUT2D eigenvalue weighted by atomic mass is 10.1. The minimum absolute atomic E-state index is 0.128. The van der Waals surface area contributed by atoms with E-state index in [-0.39, 0.29) is 17.9 Å². The number of carboxylic acids is 1. The van der Waals surface area contributed by atoms with E-state index in [0.717, 1.165) is 32.3 Å². The summed E-state index contributed by atoms with van der Waals surface area (Å²) >= 11 is 2.94. The van der Waals surface area contributed by atoms with Gasteiger partial charge in [0.1, 0.15) is 5.75 Å². The van der Waals surface area contributed by atoms with Gasteiger partial charge in [0.25, 0.3) is 0 Å². The van der Waals surface area contributed by atoms with Crippen LogP contribution in [0.15, 0.2) is 66.0 Å². The predicted molar refractivity (Wildman–Crippen MR) is 123 cm³/mol. The number of ether oxygens (including phenoxy) is 1. The van der Waals surface area contributed by atoms with Gasteiger partial charge in [-0.2, -0.15) is 0 Å². The standard InChI is InChI=1S/C23H18N2O4S2/c1-29-17-8-2-14(3-9-17)12-21(26)25-23-24-18(13-30-23)20-11-10-19(31-20)15-4-6-16(7-5-15)22(27)28/h2-11,13H,12H2,1H3,(H,27,28)(H,24,25,26). The van der Waals surface area contributed by atoms with Crippen LogP contribution in [-0.2, 0) is 11.2 Å². The van der Waals surface area contributed by atoms with Crippen LogP contribution in [0.5, 0.6) is 5.75 Å². The van der Waals surface area contributed by atoms with E-state index in [1.54, 1.807) is 42.7 Å². The van der Waals surface area contributed by atoms with E-state index in [0.29, 0.717) is 5.13 Å². The number of benzene rings is 2. The SMILES string of the molecule is COc1ccc(CC(=O)Nc2nc(-c3ccc(-c4ccc(C(=O)O)cc4)s3)cs2)cc1. The molecule has 0 bridgehead atoms. The minimum atomic E-state index is -0.942. The van der Waals surface area contributed by atoms with E-state index in [1.165, 1.54) is 11.3 Å². The summed E-state index contributed by atoms with van der Waals surface area (Å²) in [6.07, 6.45) is 0.258. The van der Waals surface area contributed by atoms with Gasteiger partial charge in [-0.3, -0.25) is 4.79 Å². The number of amides is 1. The number of nitrogens with zero attached hydrogens (tertiary/aromatic N) is 1. The fourth-order valence-electron chi connectivity index (χ4n) is 2.94. The van der Waals surface area contributed by atoms with Crippen LogP contribution in [0.25, 0.3) is 21.0 Å². The first kappa shape index (κ1) is 20.8. The van der Waals surface area contributed by atoms with Crippen LogP contribution >= 0.6 is 22.7 Å². The third-order valence-electron chi connectivity index (χ3n) is 4.55. The molecule has 2 aromatic heterocycles. The van der Waals surface area contributed by atoms with Gasteiger partial charge >= 0.3 is 5.97 Å². The van der Waals surface area contributed by atoms with Gasteiger partial charge in [0, 0.05) is 10.3 Å². The topological polar surface area (TPSA) is 88.5 Å². The van der Waals surface area contributed by atoms with Gasteiger partial charge in [-0.25, -0.2) is 9.78 Å². The largest absolute Gasteiger partial charge is 0.497 e. The first-order chi connectivity index (χ1) is 15.0. The van der Waals surface area contributed by atoms with Crippen LogP contribution in [-0.4, -0.2) is 29.1 Å². The quantitative estimate of drug-likeness (QED) is 0.392. The molecule has 2 N–H and O–H groups in total. The van der Waals surface area contributed by atoms with Crippen LogP contribution in [0.4, 0.5) is 5.13 Å². The molecule has 0 aliphatic rings. The van der Waals surface area contributed by atoms with E-state index in [1.807, 2.05) is 41.8 Å². The highest BCUT2D eigenvalue weighted by Gasteiger charge is 2.12. The maximum Gasteiger partial charge on any atom is 0.335 e. The average Bonchev–Trinajstić information content (AvgIpc) is 3.44. The molecule has 0 unspecified atom stereocenters. The molecule has 0 saturated carbocycles. The van der Waals surface area contributed by atoms with Gasteiger partial charge < -0.3 is 15.2 Å². The summed E-state index contributed by atoms with van der Waals surface area (Å²) in [5.41, 5.74) is 2.90. The maximum absolute atomic E-state index is 12.3. The van der Waals surface area contributed by atoms with Crippen molar-refractivity contribution in [3.8, 4) is 26.8 Å². The number of carboxylic acid groups (broad SMARTS) is 1. The van der Waals surface area contributed by atoms with Crippen molar-refractivity contribution in [3.05, 3.63) is 77.2 Å². The number of thiophene rings is 1. The van der Waals surface area contributed by atoms with Crippen molar-refractivity contribution in [2.75, 3.05) is 12.4 Å². The number of carbonyl (C=O) groups is 2. The van der Waals surface area contributed by atoms with Crippen molar-refractivity contribution in [1.82, 2.24) is 4.98 Å². The molecule has 2 heterocycles. The van der Waals surface area contributed by atoms with E-state index >= 15 is 0 Å². The van der Waals surface area contributed by atoms with Gasteiger partial charge in [-0.15, -0.1) is 22.7 Å². The zero-order chi connectivity index (χ0) is 21.8. The molecule has 0 fully saturated rings. The number of rotatable bonds is 7. The molecule has 2 aromatic carbocycles. The lowest BCUT2D eigenvalue weighted by molar-refractivity contribution is -0.115. The first-order valence-electron chi connectivity index (χ1n) is 9.34. The second kappa shape index (κ2) is 9.11. The Morgan fingerprint density at radius 1 is 1.00 bits per heavy atom. The highest BCUT2D eigenvalue weighted by atomic mass is 32.1. The number of aromatic nitrogens is 1. The van der Waals surface area contributed by atoms with Crippen molar-refractivity contribution in [3.63, 3.8) is 0 Å². The third-order valence-corrected chi connectivity index (χ3v) is 6.46. The predicted octanol–water partition coefficient (Wildman–Crippen LogP) is 5.43. The van der Waals surface area contributed by atoms with Crippen LogP contribution in [0.1, 0.15) is 15.9 Å². The smallest absolute Gasteiger partial charge is 0.335 e. The molecule has 8 heteroatoms. The number of anilines is 1. The second-order valence-corrected chi connectivity index (χ2v) is 8.60. The Morgan fingerprint density at radius 2 is 1.71 bits per heavy atom. The summed E-state index contributed by atoms with van der Waals surface area (Å²) in [5.74, 6) is -0.319. The Hall–Kier alpha value is -3.49. The van der Waals surface area contributed by atoms with Crippen molar-refractivity contribution in [2.45, 2.75) is 6.42 Å². The molecule has 0 spiro atoms. The normalized spacial score (nSPS) is 10.6. The van der Waals surface area contributed by atoms with Gasteiger partial charge in [-0.05, 0) is 47.5 Å². The number of nitrogens with one attached hydrogen (secondary N) is 1. The summed E-state index contributed by atoms with van der Waals surface area (Å²) in [6, 6.07) is 18.1. The van der Waals surface area contributed by atoms with E-state index in [2.05, 4.69) is 10.3 Å². The third kappa shape index (κ3) is 4.99. The fraction of sp³-hybridized carbons (Fsp3) is 0.0870. The van der Waals surface area contributed by atoms with E-state index in [9.17, 15) is 9.59 Å². The van der Waals surface area contributed by atoms with Crippen LogP contribution < -0.4 is 10.1 Å². The van der Waals surface area contributed by atoms with Gasteiger partial charge in [0.15, 0.2) is 5.13 Å². The summed E-state index contributed by atoms with van der Waals surface area (Å²) < 4.78 is 5.13. The Bertz CT molecular complexity index is 1210. The van der Waals surface area contributed by atoms with Gasteiger partial charge in [0.2, 0.25) is 5.91 Å². The highest BCUT2D eigenvalue weighted by molar-refractivity contribution is 7.19. The lowest BCUT2D eigenvalue weighted by Crippen LogP contribution is -2.14. The molecule has 156 valence electrons. The van der Waals surface area contributed by atoms with Gasteiger partial charge in [-0.1, -0.05) is 24.3 Å². The maximum atomic E-state index is 12.3. The molecule has 0 radical (unpaired) electrons. The number of aromatic carboxylic acids is 1. The summed E-state index contributed by atoms with van der Waals surface area (Å²) in [6.45, 7) is 0. The van der Waals surface area contributed by atoms with Crippen molar-refractivity contribution < 1.29 is 19.4 Å². The molecular weight excluding hydrogens is 432 g/mol. The van der Waals surface area contributed by atoms with Crippen LogP contribution in [0.3, 0.4) is 0 Å². The van der Waals surface area contributed by atoms with Crippen LogP contribution in [0, 0.1) is 0 Å². The Balaban J connectivity index is 1.41. The lowest BCUT2D eigenvalue weighted by Gasteiger charge is -2.03. The molecule has 0 atom stereocenters. The van der Waals surface area contributed by atoms with E-state index < -0.39 is 5.97 Å². The molecule has 0 aliphatic carbocycles. The van der Waals surface area contributed by atoms with E-state index in [4.69, 9.17) is 9.84 Å². The van der Waals surface area contributed by atoms with Gasteiger partial charge in [0.05, 0.1) is 29.7 Å². The number of hydrogen-bond donors (Lipinski definition) is 2. The molecule has 0 aliphatic heterocycles. The number of hydrogen-bond acceptors (Lipinski definition) is 6.